The first-order valence-electron chi connectivity index (χ1n) is 9.23. The Kier molecular flexibility index (Phi) is 6.42. The number of methoxy groups -OCH3 is 1. The molecule has 144 valence electrons. The lowest BCUT2D eigenvalue weighted by Crippen LogP contribution is -2.46. The van der Waals surface area contributed by atoms with Gasteiger partial charge in [-0.2, -0.15) is 0 Å². The third kappa shape index (κ3) is 4.64. The van der Waals surface area contributed by atoms with E-state index in [1.54, 1.807) is 26.2 Å². The van der Waals surface area contributed by atoms with E-state index in [0.29, 0.717) is 24.2 Å². The minimum absolute atomic E-state index is 0.110. The van der Waals surface area contributed by atoms with Gasteiger partial charge in [0.25, 0.3) is 0 Å². The van der Waals surface area contributed by atoms with Gasteiger partial charge in [-0.15, -0.1) is 0 Å². The van der Waals surface area contributed by atoms with Crippen LogP contribution in [0.25, 0.3) is 0 Å². The van der Waals surface area contributed by atoms with Crippen molar-refractivity contribution in [3.63, 3.8) is 0 Å². The van der Waals surface area contributed by atoms with Crippen LogP contribution in [0.1, 0.15) is 23.6 Å². The second-order valence-electron chi connectivity index (χ2n) is 6.71. The molecule has 0 saturated carbocycles. The lowest BCUT2D eigenvalue weighted by Gasteiger charge is -2.37. The van der Waals surface area contributed by atoms with Gasteiger partial charge in [0.05, 0.1) is 13.2 Å². The quantitative estimate of drug-likeness (QED) is 0.819. The van der Waals surface area contributed by atoms with Gasteiger partial charge >= 0.3 is 0 Å². The van der Waals surface area contributed by atoms with Gasteiger partial charge in [0, 0.05) is 49.4 Å². The minimum atomic E-state index is -0.314. The molecule has 3 rings (SSSR count). The Morgan fingerprint density at radius 1 is 1.30 bits per heavy atom. The topological polar surface area (TPSA) is 53.6 Å². The van der Waals surface area contributed by atoms with E-state index in [0.717, 1.165) is 30.9 Å². The lowest BCUT2D eigenvalue weighted by atomic mass is 10.0. The Morgan fingerprint density at radius 2 is 2.11 bits per heavy atom. The van der Waals surface area contributed by atoms with Crippen molar-refractivity contribution in [1.29, 1.82) is 0 Å². The van der Waals surface area contributed by atoms with Gasteiger partial charge in [-0.1, -0.05) is 24.3 Å². The van der Waals surface area contributed by atoms with Crippen molar-refractivity contribution < 1.29 is 13.9 Å². The number of halogens is 1. The van der Waals surface area contributed by atoms with E-state index < -0.39 is 0 Å². The first-order valence-corrected chi connectivity index (χ1v) is 9.23. The molecule has 2 aromatic carbocycles. The summed E-state index contributed by atoms with van der Waals surface area (Å²) in [5.41, 5.74) is 2.11. The number of piperazine rings is 1. The minimum Gasteiger partial charge on any atom is -0.496 e. The van der Waals surface area contributed by atoms with Gasteiger partial charge in [-0.25, -0.2) is 4.39 Å². The molecule has 1 aliphatic rings. The number of para-hydroxylation sites is 1. The van der Waals surface area contributed by atoms with Crippen LogP contribution in [-0.2, 0) is 4.79 Å². The monoisotopic (exact) mass is 371 g/mol. The Labute approximate surface area is 159 Å². The number of carbonyl (C=O) groups is 1. The predicted molar refractivity (Wildman–Crippen MR) is 105 cm³/mol. The molecule has 1 saturated heterocycles. The summed E-state index contributed by atoms with van der Waals surface area (Å²) in [4.78, 5) is 14.7. The van der Waals surface area contributed by atoms with Crippen molar-refractivity contribution in [2.45, 2.75) is 19.4 Å². The number of anilines is 1. The van der Waals surface area contributed by atoms with Crippen molar-refractivity contribution in [2.75, 3.05) is 38.6 Å². The second kappa shape index (κ2) is 8.97. The number of hydrogen-bond acceptors (Lipinski definition) is 4. The van der Waals surface area contributed by atoms with Crippen LogP contribution >= 0.6 is 0 Å². The lowest BCUT2D eigenvalue weighted by molar-refractivity contribution is -0.116. The standard InChI is InChI=1S/C21H26FN3O2/c1-15-17(22)7-5-8-18(15)24-21(26)10-12-25-13-11-23-14-19(25)16-6-3-4-9-20(16)27-2/h3-9,19,23H,10-14H2,1-2H3,(H,24,26). The molecule has 2 N–H and O–H groups in total. The average Bonchev–Trinajstić information content (AvgIpc) is 2.70. The summed E-state index contributed by atoms with van der Waals surface area (Å²) in [5.74, 6) is 0.434. The normalized spacial score (nSPS) is 17.5. The van der Waals surface area contributed by atoms with Crippen LogP contribution in [0.3, 0.4) is 0 Å². The highest BCUT2D eigenvalue weighted by molar-refractivity contribution is 5.91. The maximum Gasteiger partial charge on any atom is 0.225 e. The van der Waals surface area contributed by atoms with Crippen molar-refractivity contribution >= 4 is 11.6 Å². The fraction of sp³-hybridized carbons (Fsp3) is 0.381. The third-order valence-electron chi connectivity index (χ3n) is 5.02. The first kappa shape index (κ1) is 19.3. The molecule has 1 atom stereocenters. The van der Waals surface area contributed by atoms with Crippen LogP contribution < -0.4 is 15.4 Å². The molecule has 1 fully saturated rings. The van der Waals surface area contributed by atoms with Gasteiger partial charge in [0.2, 0.25) is 5.91 Å². The van der Waals surface area contributed by atoms with E-state index in [1.165, 1.54) is 6.07 Å². The summed E-state index contributed by atoms with van der Waals surface area (Å²) in [5, 5.41) is 6.24. The maximum absolute atomic E-state index is 13.6. The summed E-state index contributed by atoms with van der Waals surface area (Å²) >= 11 is 0. The van der Waals surface area contributed by atoms with Gasteiger partial charge in [0.1, 0.15) is 11.6 Å². The molecule has 1 heterocycles. The van der Waals surface area contributed by atoms with E-state index in [2.05, 4.69) is 21.6 Å². The van der Waals surface area contributed by atoms with Crippen LogP contribution in [0.4, 0.5) is 10.1 Å². The highest BCUT2D eigenvalue weighted by Crippen LogP contribution is 2.30. The predicted octanol–water partition coefficient (Wildman–Crippen LogP) is 3.12. The molecule has 0 aromatic heterocycles. The summed E-state index contributed by atoms with van der Waals surface area (Å²) < 4.78 is 19.1. The molecule has 0 bridgehead atoms. The van der Waals surface area contributed by atoms with Crippen molar-refractivity contribution in [3.05, 3.63) is 59.4 Å². The maximum atomic E-state index is 13.6. The summed E-state index contributed by atoms with van der Waals surface area (Å²) in [6.45, 7) is 4.85. The number of benzene rings is 2. The Hall–Kier alpha value is -2.44. The van der Waals surface area contributed by atoms with Crippen molar-refractivity contribution in [1.82, 2.24) is 10.2 Å². The molecule has 1 amide bonds. The highest BCUT2D eigenvalue weighted by Gasteiger charge is 2.26. The highest BCUT2D eigenvalue weighted by atomic mass is 19.1. The van der Waals surface area contributed by atoms with Crippen LogP contribution in [-0.4, -0.2) is 44.1 Å². The SMILES string of the molecule is COc1ccccc1C1CNCCN1CCC(=O)Nc1cccc(F)c1C. The molecule has 0 aliphatic carbocycles. The molecule has 0 spiro atoms. The van der Waals surface area contributed by atoms with Gasteiger partial charge in [-0.05, 0) is 25.1 Å². The van der Waals surface area contributed by atoms with Crippen LogP contribution in [0.2, 0.25) is 0 Å². The molecular formula is C21H26FN3O2. The number of ether oxygens (including phenoxy) is 1. The fourth-order valence-electron chi connectivity index (χ4n) is 3.46. The second-order valence-corrected chi connectivity index (χ2v) is 6.71. The molecule has 5 nitrogen and oxygen atoms in total. The summed E-state index contributed by atoms with van der Waals surface area (Å²) in [6, 6.07) is 12.9. The van der Waals surface area contributed by atoms with Gasteiger partial charge < -0.3 is 15.4 Å². The van der Waals surface area contributed by atoms with Crippen LogP contribution in [0.15, 0.2) is 42.5 Å². The fourth-order valence-corrected chi connectivity index (χ4v) is 3.46. The zero-order valence-electron chi connectivity index (χ0n) is 15.8. The first-order chi connectivity index (χ1) is 13.1. The summed E-state index contributed by atoms with van der Waals surface area (Å²) in [6.07, 6.45) is 0.349. The third-order valence-corrected chi connectivity index (χ3v) is 5.02. The number of rotatable bonds is 6. The smallest absolute Gasteiger partial charge is 0.225 e. The molecule has 2 aromatic rings. The van der Waals surface area contributed by atoms with Crippen LogP contribution in [0, 0.1) is 12.7 Å². The molecule has 6 heteroatoms. The van der Waals surface area contributed by atoms with E-state index >= 15 is 0 Å². The Bertz CT molecular complexity index is 797. The van der Waals surface area contributed by atoms with E-state index in [9.17, 15) is 9.18 Å². The van der Waals surface area contributed by atoms with Gasteiger partial charge in [-0.3, -0.25) is 9.69 Å². The zero-order chi connectivity index (χ0) is 19.2. The number of carbonyl (C=O) groups excluding carboxylic acids is 1. The number of amides is 1. The number of nitrogens with zero attached hydrogens (tertiary/aromatic N) is 1. The van der Waals surface area contributed by atoms with E-state index in [1.807, 2.05) is 18.2 Å². The zero-order valence-corrected chi connectivity index (χ0v) is 15.8. The van der Waals surface area contributed by atoms with Gasteiger partial charge in [0.15, 0.2) is 0 Å². The Balaban J connectivity index is 1.64. The molecular weight excluding hydrogens is 345 g/mol. The largest absolute Gasteiger partial charge is 0.496 e. The van der Waals surface area contributed by atoms with Crippen molar-refractivity contribution in [3.8, 4) is 5.75 Å². The molecule has 0 radical (unpaired) electrons. The van der Waals surface area contributed by atoms with E-state index in [-0.39, 0.29) is 17.8 Å². The van der Waals surface area contributed by atoms with Crippen molar-refractivity contribution in [2.24, 2.45) is 0 Å². The Morgan fingerprint density at radius 3 is 2.93 bits per heavy atom. The number of hydrogen-bond donors (Lipinski definition) is 2. The van der Waals surface area contributed by atoms with E-state index in [4.69, 9.17) is 4.74 Å². The molecule has 1 unspecified atom stereocenters. The summed E-state index contributed by atoms with van der Waals surface area (Å²) in [7, 11) is 1.67. The van der Waals surface area contributed by atoms with Crippen LogP contribution in [0.5, 0.6) is 5.75 Å². The molecule has 1 aliphatic heterocycles. The average molecular weight is 371 g/mol. The number of nitrogens with one attached hydrogen (secondary N) is 2. The molecule has 27 heavy (non-hydrogen) atoms.